The molecule has 0 aliphatic carbocycles. The van der Waals surface area contributed by atoms with Crippen molar-refractivity contribution < 1.29 is 0 Å². The number of aryl methyl sites for hydroxylation is 1. The first-order valence-electron chi connectivity index (χ1n) is 6.59. The second-order valence-electron chi connectivity index (χ2n) is 4.97. The zero-order valence-electron chi connectivity index (χ0n) is 12.0. The molecule has 0 bridgehead atoms. The van der Waals surface area contributed by atoms with Crippen molar-refractivity contribution in [3.8, 4) is 0 Å². The minimum Gasteiger partial charge on any atom is -0.323 e. The molecule has 2 N–H and O–H groups in total. The van der Waals surface area contributed by atoms with E-state index in [4.69, 9.17) is 5.73 Å². The standard InChI is InChI=1S/C15H26N2S/c1-5-14(11-18-4)17(3)10-15(16)13-8-6-12(2)7-9-13/h6-9,14-15H,5,10-11,16H2,1-4H3. The minimum absolute atomic E-state index is 0.103. The highest BCUT2D eigenvalue weighted by molar-refractivity contribution is 7.98. The summed E-state index contributed by atoms with van der Waals surface area (Å²) >= 11 is 1.91. The van der Waals surface area contributed by atoms with Gasteiger partial charge in [0.15, 0.2) is 0 Å². The smallest absolute Gasteiger partial charge is 0.0424 e. The van der Waals surface area contributed by atoms with Gasteiger partial charge in [0.2, 0.25) is 0 Å². The Labute approximate surface area is 116 Å². The second-order valence-corrected chi connectivity index (χ2v) is 5.88. The van der Waals surface area contributed by atoms with Crippen LogP contribution < -0.4 is 5.73 Å². The van der Waals surface area contributed by atoms with Crippen LogP contribution in [-0.2, 0) is 0 Å². The molecule has 0 saturated carbocycles. The quantitative estimate of drug-likeness (QED) is 0.822. The molecule has 0 aliphatic rings. The van der Waals surface area contributed by atoms with E-state index in [1.165, 1.54) is 23.3 Å². The van der Waals surface area contributed by atoms with Crippen molar-refractivity contribution in [1.82, 2.24) is 4.90 Å². The first-order valence-corrected chi connectivity index (χ1v) is 7.99. The molecule has 3 heteroatoms. The van der Waals surface area contributed by atoms with Crippen molar-refractivity contribution in [2.45, 2.75) is 32.4 Å². The number of nitrogens with zero attached hydrogens (tertiary/aromatic N) is 1. The Hall–Kier alpha value is -0.510. The van der Waals surface area contributed by atoms with Crippen molar-refractivity contribution >= 4 is 11.8 Å². The third-order valence-electron chi connectivity index (χ3n) is 3.44. The van der Waals surface area contributed by atoms with Crippen molar-refractivity contribution in [3.05, 3.63) is 35.4 Å². The molecule has 2 unspecified atom stereocenters. The van der Waals surface area contributed by atoms with Crippen molar-refractivity contribution in [1.29, 1.82) is 0 Å². The maximum Gasteiger partial charge on any atom is 0.0424 e. The molecule has 0 fully saturated rings. The molecule has 1 aromatic rings. The first kappa shape index (κ1) is 15.5. The molecule has 2 nitrogen and oxygen atoms in total. The van der Waals surface area contributed by atoms with E-state index in [2.05, 4.69) is 56.3 Å². The largest absolute Gasteiger partial charge is 0.323 e. The topological polar surface area (TPSA) is 29.3 Å². The molecule has 0 spiro atoms. The van der Waals surface area contributed by atoms with Crippen LogP contribution in [0.5, 0.6) is 0 Å². The van der Waals surface area contributed by atoms with Crippen molar-refractivity contribution in [3.63, 3.8) is 0 Å². The Morgan fingerprint density at radius 1 is 1.28 bits per heavy atom. The average Bonchev–Trinajstić information content (AvgIpc) is 2.36. The summed E-state index contributed by atoms with van der Waals surface area (Å²) in [7, 11) is 2.18. The predicted molar refractivity (Wildman–Crippen MR) is 83.2 cm³/mol. The lowest BCUT2D eigenvalue weighted by atomic mass is 10.0. The number of hydrogen-bond acceptors (Lipinski definition) is 3. The van der Waals surface area contributed by atoms with Crippen LogP contribution in [0.3, 0.4) is 0 Å². The van der Waals surface area contributed by atoms with Gasteiger partial charge in [0.05, 0.1) is 0 Å². The van der Waals surface area contributed by atoms with E-state index < -0.39 is 0 Å². The van der Waals surface area contributed by atoms with Crippen LogP contribution in [0.2, 0.25) is 0 Å². The zero-order valence-corrected chi connectivity index (χ0v) is 12.8. The van der Waals surface area contributed by atoms with Gasteiger partial charge >= 0.3 is 0 Å². The summed E-state index contributed by atoms with van der Waals surface area (Å²) < 4.78 is 0. The molecule has 102 valence electrons. The van der Waals surface area contributed by atoms with Crippen LogP contribution in [0.1, 0.15) is 30.5 Å². The molecular formula is C15H26N2S. The summed E-state index contributed by atoms with van der Waals surface area (Å²) in [5.74, 6) is 1.17. The highest BCUT2D eigenvalue weighted by atomic mass is 32.2. The van der Waals surface area contributed by atoms with Crippen LogP contribution in [-0.4, -0.2) is 36.5 Å². The van der Waals surface area contributed by atoms with Gasteiger partial charge in [0, 0.05) is 24.4 Å². The highest BCUT2D eigenvalue weighted by Gasteiger charge is 2.15. The van der Waals surface area contributed by atoms with Crippen LogP contribution in [0.25, 0.3) is 0 Å². The van der Waals surface area contributed by atoms with Crippen LogP contribution in [0.15, 0.2) is 24.3 Å². The maximum absolute atomic E-state index is 6.29. The molecule has 18 heavy (non-hydrogen) atoms. The molecule has 1 aromatic carbocycles. The van der Waals surface area contributed by atoms with Crippen LogP contribution in [0.4, 0.5) is 0 Å². The van der Waals surface area contributed by atoms with E-state index in [9.17, 15) is 0 Å². The Morgan fingerprint density at radius 2 is 1.89 bits per heavy atom. The molecule has 0 aliphatic heterocycles. The molecular weight excluding hydrogens is 240 g/mol. The van der Waals surface area contributed by atoms with Gasteiger partial charge in [-0.15, -0.1) is 0 Å². The fraction of sp³-hybridized carbons (Fsp3) is 0.600. The summed E-state index contributed by atoms with van der Waals surface area (Å²) in [6.07, 6.45) is 3.34. The fourth-order valence-corrected chi connectivity index (χ4v) is 3.00. The zero-order chi connectivity index (χ0) is 13.5. The average molecular weight is 266 g/mol. The summed E-state index contributed by atoms with van der Waals surface area (Å²) in [6, 6.07) is 9.28. The molecule has 0 radical (unpaired) electrons. The third kappa shape index (κ3) is 4.63. The van der Waals surface area contributed by atoms with E-state index in [0.29, 0.717) is 6.04 Å². The van der Waals surface area contributed by atoms with Gasteiger partial charge in [0.25, 0.3) is 0 Å². The number of likely N-dealkylation sites (N-methyl/N-ethyl adjacent to an activating group) is 1. The van der Waals surface area contributed by atoms with Crippen molar-refractivity contribution in [2.24, 2.45) is 5.73 Å². The SMILES string of the molecule is CCC(CSC)N(C)CC(N)c1ccc(C)cc1. The molecule has 0 amide bonds. The summed E-state index contributed by atoms with van der Waals surface area (Å²) in [5.41, 5.74) is 8.80. The van der Waals surface area contributed by atoms with Gasteiger partial charge in [-0.2, -0.15) is 11.8 Å². The number of benzene rings is 1. The van der Waals surface area contributed by atoms with E-state index in [0.717, 1.165) is 6.54 Å². The summed E-state index contributed by atoms with van der Waals surface area (Å²) in [5, 5.41) is 0. The van der Waals surface area contributed by atoms with E-state index in [1.54, 1.807) is 0 Å². The first-order chi connectivity index (χ1) is 8.58. The Morgan fingerprint density at radius 3 is 2.39 bits per heavy atom. The van der Waals surface area contributed by atoms with Gasteiger partial charge in [0.1, 0.15) is 0 Å². The molecule has 0 saturated heterocycles. The molecule has 2 atom stereocenters. The highest BCUT2D eigenvalue weighted by Crippen LogP contribution is 2.15. The van der Waals surface area contributed by atoms with Gasteiger partial charge in [-0.05, 0) is 32.2 Å². The lowest BCUT2D eigenvalue weighted by Gasteiger charge is -2.29. The maximum atomic E-state index is 6.29. The van der Waals surface area contributed by atoms with E-state index in [1.807, 2.05) is 11.8 Å². The van der Waals surface area contributed by atoms with Gasteiger partial charge in [-0.1, -0.05) is 36.8 Å². The normalized spacial score (nSPS) is 14.8. The van der Waals surface area contributed by atoms with Gasteiger partial charge in [-0.3, -0.25) is 0 Å². The number of hydrogen-bond donors (Lipinski definition) is 1. The monoisotopic (exact) mass is 266 g/mol. The minimum atomic E-state index is 0.103. The summed E-state index contributed by atoms with van der Waals surface area (Å²) in [6.45, 7) is 5.27. The van der Waals surface area contributed by atoms with E-state index in [-0.39, 0.29) is 6.04 Å². The Kier molecular flexibility index (Phi) is 6.76. The predicted octanol–water partition coefficient (Wildman–Crippen LogP) is 3.07. The van der Waals surface area contributed by atoms with Gasteiger partial charge in [-0.25, -0.2) is 0 Å². The third-order valence-corrected chi connectivity index (χ3v) is 4.16. The molecule has 1 rings (SSSR count). The van der Waals surface area contributed by atoms with E-state index >= 15 is 0 Å². The fourth-order valence-electron chi connectivity index (χ4n) is 2.13. The number of thioether (sulfide) groups is 1. The lowest BCUT2D eigenvalue weighted by molar-refractivity contribution is 0.241. The molecule has 0 heterocycles. The van der Waals surface area contributed by atoms with Gasteiger partial charge < -0.3 is 10.6 Å². The van der Waals surface area contributed by atoms with Crippen LogP contribution in [0, 0.1) is 6.92 Å². The Bertz CT molecular complexity index is 337. The number of nitrogens with two attached hydrogens (primary N) is 1. The molecule has 0 aromatic heterocycles. The Balaban J connectivity index is 2.57. The number of rotatable bonds is 7. The second kappa shape index (κ2) is 7.82. The van der Waals surface area contributed by atoms with Crippen molar-refractivity contribution in [2.75, 3.05) is 25.6 Å². The van der Waals surface area contributed by atoms with Crippen LogP contribution >= 0.6 is 11.8 Å². The summed E-state index contributed by atoms with van der Waals surface area (Å²) in [4.78, 5) is 2.39. The lowest BCUT2D eigenvalue weighted by Crippen LogP contribution is -2.38.